The van der Waals surface area contributed by atoms with E-state index in [4.69, 9.17) is 29.4 Å². The maximum Gasteiger partial charge on any atom is 0.348 e. The van der Waals surface area contributed by atoms with Crippen LogP contribution in [-0.2, 0) is 47.7 Å². The van der Waals surface area contributed by atoms with E-state index in [1.54, 1.807) is 34.6 Å². The van der Waals surface area contributed by atoms with Gasteiger partial charge < -0.3 is 39.6 Å². The van der Waals surface area contributed by atoms with Gasteiger partial charge in [-0.05, 0) is 50.0 Å². The van der Waals surface area contributed by atoms with Crippen molar-refractivity contribution in [1.29, 1.82) is 0 Å². The second-order valence-corrected chi connectivity index (χ2v) is 13.8. The summed E-state index contributed by atoms with van der Waals surface area (Å²) in [6.07, 6.45) is -4.53. The molecule has 4 N–H and O–H groups in total. The number of rotatable bonds is 7. The zero-order chi connectivity index (χ0) is 33.4. The number of aliphatic hydroxyl groups is 2. The number of esters is 4. The third-order valence-corrected chi connectivity index (χ3v) is 11.2. The summed E-state index contributed by atoms with van der Waals surface area (Å²) in [5.41, 5.74) is 2.37. The van der Waals surface area contributed by atoms with E-state index in [-0.39, 0.29) is 31.1 Å². The van der Waals surface area contributed by atoms with Crippen molar-refractivity contribution < 1.29 is 57.9 Å². The van der Waals surface area contributed by atoms with Gasteiger partial charge in [0.2, 0.25) is 11.7 Å². The van der Waals surface area contributed by atoms with Gasteiger partial charge in [0.15, 0.2) is 11.5 Å². The summed E-state index contributed by atoms with van der Waals surface area (Å²) in [6.45, 7) is 10.2. The molecule has 12 atom stereocenters. The smallest absolute Gasteiger partial charge is 0.348 e. The van der Waals surface area contributed by atoms with Crippen LogP contribution in [0.5, 0.6) is 0 Å². The first kappa shape index (κ1) is 33.2. The molecule has 13 heteroatoms. The molecule has 248 valence electrons. The Bertz CT molecular complexity index is 1380. The van der Waals surface area contributed by atoms with Crippen molar-refractivity contribution in [2.45, 2.75) is 96.9 Å². The van der Waals surface area contributed by atoms with Crippen LogP contribution < -0.4 is 5.73 Å². The molecular weight excluding hydrogens is 590 g/mol. The molecule has 2 saturated carbocycles. The number of carbonyl (C=O) groups is 5. The highest BCUT2D eigenvalue weighted by Gasteiger charge is 2.85. The van der Waals surface area contributed by atoms with Crippen LogP contribution in [0.15, 0.2) is 23.0 Å². The van der Waals surface area contributed by atoms with Crippen LogP contribution in [0.2, 0.25) is 0 Å². The fourth-order valence-corrected chi connectivity index (χ4v) is 9.03. The summed E-state index contributed by atoms with van der Waals surface area (Å²) >= 11 is 0. The van der Waals surface area contributed by atoms with Gasteiger partial charge >= 0.3 is 23.9 Å². The fourth-order valence-electron chi connectivity index (χ4n) is 9.03. The molecule has 0 amide bonds. The Kier molecular flexibility index (Phi) is 8.34. The Labute approximate surface area is 261 Å². The molecule has 5 aliphatic rings. The average Bonchev–Trinajstić information content (AvgIpc) is 3.28. The van der Waals surface area contributed by atoms with Crippen LogP contribution in [-0.4, -0.2) is 89.6 Å². The van der Waals surface area contributed by atoms with Gasteiger partial charge in [-0.2, -0.15) is 0 Å². The number of Topliss-reactive ketones (excluding diaryl/α,β-unsaturated/α-hetero) is 1. The van der Waals surface area contributed by atoms with Crippen LogP contribution in [0, 0.1) is 34.5 Å². The van der Waals surface area contributed by atoms with Crippen molar-refractivity contribution in [3.63, 3.8) is 0 Å². The normalized spacial score (nSPS) is 41.2. The van der Waals surface area contributed by atoms with E-state index in [2.05, 4.69) is 0 Å². The lowest BCUT2D eigenvalue weighted by Gasteiger charge is -2.67. The molecule has 13 nitrogen and oxygen atoms in total. The number of ketones is 1. The van der Waals surface area contributed by atoms with Crippen molar-refractivity contribution in [3.8, 4) is 0 Å². The Balaban J connectivity index is 1.64. The van der Waals surface area contributed by atoms with Gasteiger partial charge in [0.05, 0.1) is 25.7 Å². The molecule has 4 fully saturated rings. The van der Waals surface area contributed by atoms with Crippen molar-refractivity contribution in [1.82, 2.24) is 0 Å². The van der Waals surface area contributed by atoms with Crippen molar-refractivity contribution in [3.05, 3.63) is 23.0 Å². The number of hydrogen-bond donors (Lipinski definition) is 3. The zero-order valence-electron chi connectivity index (χ0n) is 26.7. The molecular formula is C32H43NO12. The molecule has 5 rings (SSSR count). The van der Waals surface area contributed by atoms with E-state index in [1.807, 2.05) is 6.92 Å². The summed E-state index contributed by atoms with van der Waals surface area (Å²) in [7, 11) is 1.08. The Hall–Kier alpha value is -3.13. The van der Waals surface area contributed by atoms with Crippen molar-refractivity contribution >= 4 is 29.7 Å². The van der Waals surface area contributed by atoms with Gasteiger partial charge in [-0.3, -0.25) is 4.79 Å². The maximum atomic E-state index is 13.8. The SMILES string of the molecule is CC[C@H](C)[C@H](N)C(=O)OC1=C(C)[C@@H]2C[C@H]3OC(=O)[C@H](OC(=O)C=C(C)C)[C@H]4[C@]5(C(=O)OC)OC[C@]34[C@H]([C@@H](O)[C@@H]5O)[C@@]2(C)CC1=O. The summed E-state index contributed by atoms with van der Waals surface area (Å²) in [5.74, 6) is -7.28. The molecule has 0 aromatic rings. The number of fused-ring (bicyclic) bond motifs is 2. The van der Waals surface area contributed by atoms with Crippen LogP contribution in [0.1, 0.15) is 60.8 Å². The minimum atomic E-state index is -2.27. The number of ether oxygens (including phenoxy) is 5. The van der Waals surface area contributed by atoms with Gasteiger partial charge in [0, 0.05) is 23.8 Å². The van der Waals surface area contributed by atoms with Crippen LogP contribution in [0.3, 0.4) is 0 Å². The van der Waals surface area contributed by atoms with Gasteiger partial charge in [-0.15, -0.1) is 0 Å². The molecule has 0 unspecified atom stereocenters. The number of methoxy groups -OCH3 is 1. The van der Waals surface area contributed by atoms with Gasteiger partial charge in [0.1, 0.15) is 18.2 Å². The topological polar surface area (TPSA) is 198 Å². The molecule has 2 heterocycles. The molecule has 1 spiro atoms. The van der Waals surface area contributed by atoms with Crippen LogP contribution in [0.25, 0.3) is 0 Å². The van der Waals surface area contributed by atoms with Crippen molar-refractivity contribution in [2.75, 3.05) is 13.7 Å². The monoisotopic (exact) mass is 633 g/mol. The lowest BCUT2D eigenvalue weighted by molar-refractivity contribution is -0.290. The molecule has 45 heavy (non-hydrogen) atoms. The second-order valence-electron chi connectivity index (χ2n) is 13.8. The minimum absolute atomic E-state index is 0.116. The highest BCUT2D eigenvalue weighted by Crippen LogP contribution is 2.72. The Morgan fingerprint density at radius 2 is 1.84 bits per heavy atom. The van der Waals surface area contributed by atoms with E-state index >= 15 is 0 Å². The average molecular weight is 634 g/mol. The van der Waals surface area contributed by atoms with E-state index in [0.29, 0.717) is 17.6 Å². The largest absolute Gasteiger partial charge is 0.467 e. The van der Waals surface area contributed by atoms with Crippen LogP contribution in [0.4, 0.5) is 0 Å². The first-order valence-corrected chi connectivity index (χ1v) is 15.4. The van der Waals surface area contributed by atoms with Crippen LogP contribution >= 0.6 is 0 Å². The lowest BCUT2D eigenvalue weighted by atomic mass is 9.38. The highest BCUT2D eigenvalue weighted by molar-refractivity contribution is 5.98. The molecule has 3 aliphatic carbocycles. The van der Waals surface area contributed by atoms with Gasteiger partial charge in [-0.1, -0.05) is 32.8 Å². The standard InChI is InChI=1S/C32H43NO12/c1-8-14(4)20(33)27(38)45-22-15(5)16-10-18-31-12-42-32(29(40)41-7,26(37)21(36)24(31)30(16,6)11-17(22)34)25(31)23(28(39)43-18)44-19(35)9-13(2)3/h9,14,16,18,20-21,23-26,36-37H,8,10-12,33H2,1-7H3/t14-,16-,18+,20-,21+,23+,24+,25+,26-,30-,31+,32-/m0/s1. The predicted octanol–water partition coefficient (Wildman–Crippen LogP) is 0.876. The predicted molar refractivity (Wildman–Crippen MR) is 153 cm³/mol. The summed E-state index contributed by atoms with van der Waals surface area (Å²) in [4.78, 5) is 66.7. The van der Waals surface area contributed by atoms with E-state index < -0.39 is 94.3 Å². The maximum absolute atomic E-state index is 13.8. The molecule has 2 aliphatic heterocycles. The van der Waals surface area contributed by atoms with Gasteiger partial charge in [-0.25, -0.2) is 19.2 Å². The fraction of sp³-hybridized carbons (Fsp3) is 0.719. The van der Waals surface area contributed by atoms with Gasteiger partial charge in [0.25, 0.3) is 0 Å². The molecule has 0 aromatic heterocycles. The molecule has 2 saturated heterocycles. The van der Waals surface area contributed by atoms with E-state index in [9.17, 15) is 34.2 Å². The first-order valence-electron chi connectivity index (χ1n) is 15.4. The Morgan fingerprint density at radius 3 is 2.44 bits per heavy atom. The zero-order valence-corrected chi connectivity index (χ0v) is 26.7. The van der Waals surface area contributed by atoms with E-state index in [1.165, 1.54) is 6.08 Å². The number of aliphatic hydroxyl groups excluding tert-OH is 2. The molecule has 0 radical (unpaired) electrons. The first-order chi connectivity index (χ1) is 21.0. The molecule has 0 aromatic carbocycles. The molecule has 2 bridgehead atoms. The third-order valence-electron chi connectivity index (χ3n) is 11.2. The Morgan fingerprint density at radius 1 is 1.18 bits per heavy atom. The lowest BCUT2D eigenvalue weighted by Crippen LogP contribution is -2.79. The number of hydrogen-bond acceptors (Lipinski definition) is 13. The minimum Gasteiger partial charge on any atom is -0.467 e. The van der Waals surface area contributed by atoms with E-state index in [0.717, 1.165) is 7.11 Å². The summed E-state index contributed by atoms with van der Waals surface area (Å²) in [6, 6.07) is -0.950. The third kappa shape index (κ3) is 4.52. The summed E-state index contributed by atoms with van der Waals surface area (Å²) in [5, 5.41) is 23.6. The number of nitrogens with two attached hydrogens (primary N) is 1. The highest BCUT2D eigenvalue weighted by atomic mass is 16.6. The number of carbonyl (C=O) groups excluding carboxylic acids is 5. The quantitative estimate of drug-likeness (QED) is 0.203. The summed E-state index contributed by atoms with van der Waals surface area (Å²) < 4.78 is 28.4. The van der Waals surface area contributed by atoms with Crippen molar-refractivity contribution in [2.24, 2.45) is 40.2 Å². The second kappa shape index (κ2) is 11.3. The number of allylic oxidation sites excluding steroid dienone is 3.